The lowest BCUT2D eigenvalue weighted by atomic mass is 9.91. The summed E-state index contributed by atoms with van der Waals surface area (Å²) < 4.78 is 21.4. The molecule has 4 amide bonds. The molecule has 1 heterocycles. The first kappa shape index (κ1) is 40.4. The van der Waals surface area contributed by atoms with Gasteiger partial charge in [0.15, 0.2) is 5.78 Å². The molecule has 260 valence electrons. The van der Waals surface area contributed by atoms with Gasteiger partial charge in [0.2, 0.25) is 23.6 Å². The van der Waals surface area contributed by atoms with E-state index in [1.165, 1.54) is 0 Å². The summed E-state index contributed by atoms with van der Waals surface area (Å²) in [5.41, 5.74) is -0.422. The van der Waals surface area contributed by atoms with Crippen LogP contribution in [0.5, 0.6) is 0 Å². The van der Waals surface area contributed by atoms with Gasteiger partial charge in [0, 0.05) is 43.9 Å². The summed E-state index contributed by atoms with van der Waals surface area (Å²) in [7, 11) is 0. The minimum atomic E-state index is -0.485. The van der Waals surface area contributed by atoms with Crippen molar-refractivity contribution in [2.24, 2.45) is 5.41 Å². The molecule has 1 aliphatic heterocycles. The molecule has 0 aromatic rings. The molecule has 1 aliphatic rings. The summed E-state index contributed by atoms with van der Waals surface area (Å²) in [6.45, 7) is 12.4. The van der Waals surface area contributed by atoms with Crippen LogP contribution in [0.3, 0.4) is 0 Å². The first-order valence-electron chi connectivity index (χ1n) is 16.4. The number of carbonyl (C=O) groups is 5. The van der Waals surface area contributed by atoms with E-state index in [1.54, 1.807) is 4.90 Å². The fraction of sp³-hybridized carbons (Fsp3) is 0.844. The third-order valence-corrected chi connectivity index (χ3v) is 7.24. The van der Waals surface area contributed by atoms with Gasteiger partial charge in [-0.25, -0.2) is 0 Å². The number of Topliss-reactive ketones (excluding diaryl/α,β-unsaturated/α-hetero) is 1. The molecule has 0 aromatic heterocycles. The van der Waals surface area contributed by atoms with E-state index in [9.17, 15) is 24.0 Å². The lowest BCUT2D eigenvalue weighted by Crippen LogP contribution is -2.47. The molecule has 0 saturated carbocycles. The molecule has 45 heavy (non-hydrogen) atoms. The minimum absolute atomic E-state index is 0.0180. The van der Waals surface area contributed by atoms with Crippen molar-refractivity contribution < 1.29 is 42.9 Å². The van der Waals surface area contributed by atoms with E-state index in [0.717, 1.165) is 25.7 Å². The molecular formula is C32H58N4O9. The number of hydrogen-bond donors (Lipinski definition) is 3. The Hall–Kier alpha value is -2.61. The number of unbranched alkanes of at least 4 members (excludes halogenated alkanes) is 2. The molecule has 3 N–H and O–H groups in total. The van der Waals surface area contributed by atoms with E-state index < -0.39 is 11.5 Å². The SMILES string of the molecule is CCCCCC(=O)NC(C)CCC(=O)N1CCCC1C(=O)NCCOCCOCC(=O)NCCOCCOCC(=O)C(C)(C)C. The van der Waals surface area contributed by atoms with Crippen molar-refractivity contribution >= 4 is 29.4 Å². The van der Waals surface area contributed by atoms with Crippen LogP contribution in [0, 0.1) is 5.41 Å². The van der Waals surface area contributed by atoms with E-state index in [4.69, 9.17) is 18.9 Å². The Bertz CT molecular complexity index is 894. The third kappa shape index (κ3) is 19.5. The lowest BCUT2D eigenvalue weighted by Gasteiger charge is -2.25. The van der Waals surface area contributed by atoms with Gasteiger partial charge in [0.25, 0.3) is 0 Å². The number of carbonyl (C=O) groups excluding carboxylic acids is 5. The van der Waals surface area contributed by atoms with Crippen molar-refractivity contribution in [3.8, 4) is 0 Å². The van der Waals surface area contributed by atoms with Gasteiger partial charge >= 0.3 is 0 Å². The average Bonchev–Trinajstić information content (AvgIpc) is 3.48. The Labute approximate surface area is 269 Å². The van der Waals surface area contributed by atoms with Crippen LogP contribution >= 0.6 is 0 Å². The smallest absolute Gasteiger partial charge is 0.246 e. The number of ketones is 1. The van der Waals surface area contributed by atoms with Gasteiger partial charge in [-0.3, -0.25) is 24.0 Å². The van der Waals surface area contributed by atoms with Crippen molar-refractivity contribution in [2.45, 2.75) is 98.1 Å². The van der Waals surface area contributed by atoms with Crippen molar-refractivity contribution in [2.75, 3.05) is 72.5 Å². The molecule has 0 spiro atoms. The first-order valence-corrected chi connectivity index (χ1v) is 16.4. The summed E-state index contributed by atoms with van der Waals surface area (Å²) >= 11 is 0. The first-order chi connectivity index (χ1) is 21.5. The quantitative estimate of drug-likeness (QED) is 0.126. The summed E-state index contributed by atoms with van der Waals surface area (Å²) in [4.78, 5) is 62.7. The topological polar surface area (TPSA) is 162 Å². The fourth-order valence-corrected chi connectivity index (χ4v) is 4.44. The molecule has 13 nitrogen and oxygen atoms in total. The average molecular weight is 643 g/mol. The Kier molecular flexibility index (Phi) is 21.3. The Morgan fingerprint density at radius 2 is 1.42 bits per heavy atom. The van der Waals surface area contributed by atoms with Gasteiger partial charge in [-0.2, -0.15) is 0 Å². The monoisotopic (exact) mass is 642 g/mol. The number of rotatable bonds is 25. The van der Waals surface area contributed by atoms with Crippen molar-refractivity contribution in [1.82, 2.24) is 20.9 Å². The molecule has 0 aromatic carbocycles. The number of ether oxygens (including phenoxy) is 4. The molecule has 13 heteroatoms. The zero-order valence-corrected chi connectivity index (χ0v) is 28.2. The van der Waals surface area contributed by atoms with Crippen LogP contribution in [-0.4, -0.2) is 119 Å². The summed E-state index contributed by atoms with van der Waals surface area (Å²) in [6, 6.07) is -0.580. The number of hydrogen-bond acceptors (Lipinski definition) is 9. The van der Waals surface area contributed by atoms with Gasteiger partial charge < -0.3 is 39.8 Å². The minimum Gasteiger partial charge on any atom is -0.377 e. The highest BCUT2D eigenvalue weighted by Gasteiger charge is 2.33. The van der Waals surface area contributed by atoms with Gasteiger partial charge in [0.05, 0.1) is 39.6 Å². The van der Waals surface area contributed by atoms with Crippen LogP contribution in [0.25, 0.3) is 0 Å². The second-order valence-electron chi connectivity index (χ2n) is 12.4. The predicted octanol–water partition coefficient (Wildman–Crippen LogP) is 1.76. The fourth-order valence-electron chi connectivity index (χ4n) is 4.44. The molecule has 1 saturated heterocycles. The third-order valence-electron chi connectivity index (χ3n) is 7.24. The predicted molar refractivity (Wildman–Crippen MR) is 169 cm³/mol. The highest BCUT2D eigenvalue weighted by Crippen LogP contribution is 2.19. The summed E-state index contributed by atoms with van der Waals surface area (Å²) in [5, 5.41) is 8.47. The van der Waals surface area contributed by atoms with Crippen LogP contribution in [0.4, 0.5) is 0 Å². The molecular weight excluding hydrogens is 584 g/mol. The van der Waals surface area contributed by atoms with Crippen LogP contribution in [0.15, 0.2) is 0 Å². The Morgan fingerprint density at radius 3 is 2.07 bits per heavy atom. The van der Waals surface area contributed by atoms with Crippen LogP contribution in [0.2, 0.25) is 0 Å². The van der Waals surface area contributed by atoms with E-state index in [-0.39, 0.29) is 74.9 Å². The molecule has 0 radical (unpaired) electrons. The molecule has 0 aliphatic carbocycles. The van der Waals surface area contributed by atoms with E-state index >= 15 is 0 Å². The van der Waals surface area contributed by atoms with Gasteiger partial charge in [-0.1, -0.05) is 40.5 Å². The zero-order valence-electron chi connectivity index (χ0n) is 28.2. The van der Waals surface area contributed by atoms with Gasteiger partial charge in [-0.15, -0.1) is 0 Å². The molecule has 1 rings (SSSR count). The molecule has 2 unspecified atom stereocenters. The second kappa shape index (κ2) is 23.7. The number of likely N-dealkylation sites (tertiary alicyclic amines) is 1. The number of amides is 4. The van der Waals surface area contributed by atoms with E-state index in [1.807, 2.05) is 27.7 Å². The lowest BCUT2D eigenvalue weighted by molar-refractivity contribution is -0.138. The highest BCUT2D eigenvalue weighted by atomic mass is 16.5. The van der Waals surface area contributed by atoms with E-state index in [0.29, 0.717) is 58.7 Å². The largest absolute Gasteiger partial charge is 0.377 e. The summed E-state index contributed by atoms with van der Waals surface area (Å²) in [5.74, 6) is -0.479. The van der Waals surface area contributed by atoms with Crippen LogP contribution in [0.1, 0.15) is 86.0 Å². The standard InChI is InChI=1S/C32H58N4O9/c1-6-7-8-11-28(38)35-25(2)12-13-30(40)36-16-9-10-26(36)31(41)34-15-18-43-20-22-45-24-29(39)33-14-17-42-19-21-44-23-27(37)32(3,4)5/h25-26H,6-24H2,1-5H3,(H,33,39)(H,34,41)(H,35,38). The number of nitrogens with zero attached hydrogens (tertiary/aromatic N) is 1. The van der Waals surface area contributed by atoms with Crippen LogP contribution in [-0.2, 0) is 42.9 Å². The highest BCUT2D eigenvalue weighted by molar-refractivity contribution is 5.88. The van der Waals surface area contributed by atoms with Gasteiger partial charge in [0.1, 0.15) is 19.3 Å². The van der Waals surface area contributed by atoms with Crippen molar-refractivity contribution in [3.63, 3.8) is 0 Å². The maximum atomic E-state index is 12.8. The van der Waals surface area contributed by atoms with Crippen molar-refractivity contribution in [1.29, 1.82) is 0 Å². The zero-order chi connectivity index (χ0) is 33.5. The number of nitrogens with one attached hydrogen (secondary N) is 3. The molecule has 1 fully saturated rings. The molecule has 0 bridgehead atoms. The molecule has 2 atom stereocenters. The van der Waals surface area contributed by atoms with Crippen LogP contribution < -0.4 is 16.0 Å². The van der Waals surface area contributed by atoms with E-state index in [2.05, 4.69) is 22.9 Å². The second-order valence-corrected chi connectivity index (χ2v) is 12.4. The Morgan fingerprint density at radius 1 is 0.800 bits per heavy atom. The maximum Gasteiger partial charge on any atom is 0.246 e. The van der Waals surface area contributed by atoms with Crippen molar-refractivity contribution in [3.05, 3.63) is 0 Å². The maximum absolute atomic E-state index is 12.8. The Balaban J connectivity index is 2.05. The van der Waals surface area contributed by atoms with Gasteiger partial charge in [-0.05, 0) is 32.6 Å². The normalized spacial score (nSPS) is 15.5. The summed E-state index contributed by atoms with van der Waals surface area (Å²) in [6.07, 6.45) is 5.69.